The number of nitrogens with zero attached hydrogens (tertiary/aromatic N) is 1. The van der Waals surface area contributed by atoms with Gasteiger partial charge in [0.2, 0.25) is 0 Å². The van der Waals surface area contributed by atoms with E-state index in [1.54, 1.807) is 6.20 Å². The molecule has 0 aromatic carbocycles. The fraction of sp³-hybridized carbons (Fsp3) is 0.571. The van der Waals surface area contributed by atoms with E-state index < -0.39 is 0 Å². The highest BCUT2D eigenvalue weighted by Crippen LogP contribution is 1.97. The van der Waals surface area contributed by atoms with E-state index in [4.69, 9.17) is 4.52 Å². The van der Waals surface area contributed by atoms with Gasteiger partial charge in [0.25, 0.3) is 0 Å². The quantitative estimate of drug-likeness (QED) is 0.628. The molecule has 1 saturated heterocycles. The third kappa shape index (κ3) is 1.58. The van der Waals surface area contributed by atoms with Crippen LogP contribution in [-0.2, 0) is 6.54 Å². The van der Waals surface area contributed by atoms with Crippen LogP contribution in [0.2, 0.25) is 0 Å². The Balaban J connectivity index is 1.74. The summed E-state index contributed by atoms with van der Waals surface area (Å²) in [6.07, 6.45) is 1.66. The summed E-state index contributed by atoms with van der Waals surface area (Å²) in [7, 11) is 0. The SMILES string of the molecule is c1cc(CNC2CNC2)on1. The second-order valence-electron chi connectivity index (χ2n) is 2.71. The molecule has 1 aromatic rings. The molecule has 1 fully saturated rings. The number of nitrogens with one attached hydrogen (secondary N) is 2. The predicted octanol–water partition coefficient (Wildman–Crippen LogP) is -0.264. The van der Waals surface area contributed by atoms with Crippen LogP contribution < -0.4 is 10.6 Å². The van der Waals surface area contributed by atoms with E-state index in [1.165, 1.54) is 0 Å². The van der Waals surface area contributed by atoms with Crippen LogP contribution in [-0.4, -0.2) is 24.3 Å². The lowest BCUT2D eigenvalue weighted by Crippen LogP contribution is -2.54. The summed E-state index contributed by atoms with van der Waals surface area (Å²) < 4.78 is 4.92. The van der Waals surface area contributed by atoms with Crippen LogP contribution in [0.1, 0.15) is 5.76 Å². The zero-order valence-electron chi connectivity index (χ0n) is 6.21. The number of aromatic nitrogens is 1. The Bertz CT molecular complexity index is 205. The highest BCUT2D eigenvalue weighted by molar-refractivity contribution is 4.93. The Morgan fingerprint density at radius 3 is 3.18 bits per heavy atom. The lowest BCUT2D eigenvalue weighted by Gasteiger charge is -2.27. The van der Waals surface area contributed by atoms with E-state index in [2.05, 4.69) is 15.8 Å². The fourth-order valence-corrected chi connectivity index (χ4v) is 1.01. The molecule has 1 aliphatic rings. The molecule has 0 saturated carbocycles. The van der Waals surface area contributed by atoms with Crippen LogP contribution >= 0.6 is 0 Å². The Morgan fingerprint density at radius 1 is 1.73 bits per heavy atom. The van der Waals surface area contributed by atoms with Crippen LogP contribution in [0.3, 0.4) is 0 Å². The highest BCUT2D eigenvalue weighted by atomic mass is 16.5. The number of hydrogen-bond donors (Lipinski definition) is 2. The van der Waals surface area contributed by atoms with E-state index >= 15 is 0 Å². The minimum atomic E-state index is 0.611. The van der Waals surface area contributed by atoms with Crippen molar-refractivity contribution < 1.29 is 4.52 Å². The minimum Gasteiger partial charge on any atom is -0.360 e. The molecule has 1 aromatic heterocycles. The standard InChI is InChI=1S/C7H11N3O/c1-2-10-11-7(1)5-9-6-3-8-4-6/h1-2,6,8-9H,3-5H2. The zero-order chi connectivity index (χ0) is 7.52. The molecule has 60 valence electrons. The van der Waals surface area contributed by atoms with Gasteiger partial charge >= 0.3 is 0 Å². The minimum absolute atomic E-state index is 0.611. The van der Waals surface area contributed by atoms with Crippen molar-refractivity contribution in [3.8, 4) is 0 Å². The molecule has 2 rings (SSSR count). The summed E-state index contributed by atoms with van der Waals surface area (Å²) in [6, 6.07) is 2.49. The van der Waals surface area contributed by atoms with Gasteiger partial charge in [-0.3, -0.25) is 0 Å². The zero-order valence-corrected chi connectivity index (χ0v) is 6.21. The second kappa shape index (κ2) is 3.02. The first-order valence-electron chi connectivity index (χ1n) is 3.79. The molecule has 0 amide bonds. The van der Waals surface area contributed by atoms with Crippen LogP contribution in [0, 0.1) is 0 Å². The Hall–Kier alpha value is -0.870. The molecule has 0 spiro atoms. The molecule has 11 heavy (non-hydrogen) atoms. The molecule has 4 nitrogen and oxygen atoms in total. The Morgan fingerprint density at radius 2 is 2.64 bits per heavy atom. The number of rotatable bonds is 3. The largest absolute Gasteiger partial charge is 0.360 e. The molecule has 0 atom stereocenters. The lowest BCUT2D eigenvalue weighted by molar-refractivity contribution is 0.326. The first-order chi connectivity index (χ1) is 5.45. The van der Waals surface area contributed by atoms with Crippen LogP contribution in [0.5, 0.6) is 0 Å². The number of hydrogen-bond acceptors (Lipinski definition) is 4. The highest BCUT2D eigenvalue weighted by Gasteiger charge is 2.15. The smallest absolute Gasteiger partial charge is 0.150 e. The van der Waals surface area contributed by atoms with Crippen LogP contribution in [0.25, 0.3) is 0 Å². The monoisotopic (exact) mass is 153 g/mol. The molecule has 1 aliphatic heterocycles. The maximum absolute atomic E-state index is 4.92. The van der Waals surface area contributed by atoms with Gasteiger partial charge in [-0.2, -0.15) is 0 Å². The van der Waals surface area contributed by atoms with Crippen molar-refractivity contribution in [2.45, 2.75) is 12.6 Å². The lowest BCUT2D eigenvalue weighted by atomic mass is 10.2. The normalized spacial score (nSPS) is 18.2. The van der Waals surface area contributed by atoms with E-state index in [0.29, 0.717) is 6.04 Å². The van der Waals surface area contributed by atoms with Gasteiger partial charge in [0.15, 0.2) is 0 Å². The average molecular weight is 153 g/mol. The molecular weight excluding hydrogens is 142 g/mol. The van der Waals surface area contributed by atoms with E-state index in [1.807, 2.05) is 6.07 Å². The maximum atomic E-state index is 4.92. The van der Waals surface area contributed by atoms with Gasteiger partial charge in [0.05, 0.1) is 12.7 Å². The molecule has 0 aliphatic carbocycles. The molecule has 0 bridgehead atoms. The van der Waals surface area contributed by atoms with E-state index in [9.17, 15) is 0 Å². The Labute approximate surface area is 65.0 Å². The first kappa shape index (κ1) is 6.82. The topological polar surface area (TPSA) is 50.1 Å². The average Bonchev–Trinajstić information content (AvgIpc) is 2.36. The van der Waals surface area contributed by atoms with Crippen molar-refractivity contribution >= 4 is 0 Å². The predicted molar refractivity (Wildman–Crippen MR) is 40.0 cm³/mol. The molecule has 0 radical (unpaired) electrons. The third-order valence-electron chi connectivity index (χ3n) is 1.84. The second-order valence-corrected chi connectivity index (χ2v) is 2.71. The van der Waals surface area contributed by atoms with Crippen molar-refractivity contribution in [2.75, 3.05) is 13.1 Å². The maximum Gasteiger partial charge on any atom is 0.150 e. The van der Waals surface area contributed by atoms with E-state index in [0.717, 1.165) is 25.4 Å². The van der Waals surface area contributed by atoms with Gasteiger partial charge < -0.3 is 15.2 Å². The van der Waals surface area contributed by atoms with Crippen molar-refractivity contribution in [2.24, 2.45) is 0 Å². The van der Waals surface area contributed by atoms with Gasteiger partial charge in [0, 0.05) is 25.2 Å². The van der Waals surface area contributed by atoms with Gasteiger partial charge in [-0.25, -0.2) is 0 Å². The van der Waals surface area contributed by atoms with Crippen molar-refractivity contribution in [3.63, 3.8) is 0 Å². The van der Waals surface area contributed by atoms with Crippen LogP contribution in [0.15, 0.2) is 16.8 Å². The first-order valence-corrected chi connectivity index (χ1v) is 3.79. The van der Waals surface area contributed by atoms with Gasteiger partial charge in [-0.05, 0) is 0 Å². The van der Waals surface area contributed by atoms with Gasteiger partial charge in [0.1, 0.15) is 5.76 Å². The summed E-state index contributed by atoms with van der Waals surface area (Å²) in [5, 5.41) is 10.1. The van der Waals surface area contributed by atoms with Gasteiger partial charge in [-0.1, -0.05) is 5.16 Å². The molecular formula is C7H11N3O. The summed E-state index contributed by atoms with van der Waals surface area (Å²) in [6.45, 7) is 2.91. The molecule has 2 heterocycles. The summed E-state index contributed by atoms with van der Waals surface area (Å²) >= 11 is 0. The molecule has 0 unspecified atom stereocenters. The van der Waals surface area contributed by atoms with Crippen molar-refractivity contribution in [1.82, 2.24) is 15.8 Å². The van der Waals surface area contributed by atoms with Crippen molar-refractivity contribution in [3.05, 3.63) is 18.0 Å². The van der Waals surface area contributed by atoms with Crippen molar-refractivity contribution in [1.29, 1.82) is 0 Å². The van der Waals surface area contributed by atoms with Crippen LogP contribution in [0.4, 0.5) is 0 Å². The molecule has 4 heteroatoms. The Kier molecular flexibility index (Phi) is 1.87. The summed E-state index contributed by atoms with van der Waals surface area (Å²) in [4.78, 5) is 0. The summed E-state index contributed by atoms with van der Waals surface area (Å²) in [5.74, 6) is 0.900. The fourth-order valence-electron chi connectivity index (χ4n) is 1.01. The van der Waals surface area contributed by atoms with E-state index in [-0.39, 0.29) is 0 Å². The summed E-state index contributed by atoms with van der Waals surface area (Å²) in [5.41, 5.74) is 0. The molecule has 2 N–H and O–H groups in total. The van der Waals surface area contributed by atoms with Gasteiger partial charge in [-0.15, -0.1) is 0 Å². The third-order valence-corrected chi connectivity index (χ3v) is 1.84.